The molecule has 3 N–H and O–H groups in total. The van der Waals surface area contributed by atoms with Crippen molar-refractivity contribution in [3.8, 4) is 22.9 Å². The van der Waals surface area contributed by atoms with Crippen LogP contribution in [0.15, 0.2) is 60.9 Å². The van der Waals surface area contributed by atoms with Crippen LogP contribution in [0.2, 0.25) is 0 Å². The van der Waals surface area contributed by atoms with Gasteiger partial charge in [-0.3, -0.25) is 4.72 Å². The highest BCUT2D eigenvalue weighted by Gasteiger charge is 2.23. The summed E-state index contributed by atoms with van der Waals surface area (Å²) >= 11 is 0. The number of ether oxygens (including phenoxy) is 2. The molecule has 0 amide bonds. The molecule has 6 rings (SSSR count). The highest BCUT2D eigenvalue weighted by atomic mass is 35.5. The Morgan fingerprint density at radius 2 is 1.86 bits per heavy atom. The van der Waals surface area contributed by atoms with E-state index >= 15 is 0 Å². The van der Waals surface area contributed by atoms with Crippen molar-refractivity contribution < 1.29 is 17.9 Å². The van der Waals surface area contributed by atoms with E-state index in [0.29, 0.717) is 42.2 Å². The topological polar surface area (TPSA) is 127 Å². The van der Waals surface area contributed by atoms with Crippen molar-refractivity contribution in [1.82, 2.24) is 20.3 Å². The number of hydrogen-bond acceptors (Lipinski definition) is 9. The van der Waals surface area contributed by atoms with Crippen LogP contribution in [0.1, 0.15) is 31.2 Å². The molecule has 228 valence electrons. The molecule has 0 spiro atoms. The van der Waals surface area contributed by atoms with Crippen molar-refractivity contribution in [2.24, 2.45) is 5.92 Å². The quantitative estimate of drug-likeness (QED) is 0.220. The number of anilines is 2. The fourth-order valence-electron chi connectivity index (χ4n) is 5.60. The first-order chi connectivity index (χ1) is 20.4. The number of sulfonamides is 1. The van der Waals surface area contributed by atoms with Gasteiger partial charge in [0.1, 0.15) is 5.75 Å². The maximum absolute atomic E-state index is 13.1. The Labute approximate surface area is 258 Å². The number of halogens is 1. The molecule has 2 aromatic carbocycles. The molecule has 0 aliphatic carbocycles. The fourth-order valence-corrected chi connectivity index (χ4v) is 7.15. The summed E-state index contributed by atoms with van der Waals surface area (Å²) in [6.45, 7) is 5.09. The van der Waals surface area contributed by atoms with E-state index in [0.717, 1.165) is 60.7 Å². The first-order valence-corrected chi connectivity index (χ1v) is 16.1. The van der Waals surface area contributed by atoms with Gasteiger partial charge in [-0.15, -0.1) is 12.4 Å². The third-order valence-electron chi connectivity index (χ3n) is 7.80. The van der Waals surface area contributed by atoms with Crippen molar-refractivity contribution in [2.75, 3.05) is 42.1 Å². The van der Waals surface area contributed by atoms with Gasteiger partial charge in [0, 0.05) is 49.0 Å². The monoisotopic (exact) mass is 624 g/mol. The number of piperidine rings is 1. The van der Waals surface area contributed by atoms with Crippen LogP contribution in [0, 0.1) is 12.8 Å². The molecular formula is C31H37ClN6O4S. The van der Waals surface area contributed by atoms with Gasteiger partial charge in [-0.25, -0.2) is 23.4 Å². The Bertz CT molecular complexity index is 1660. The maximum Gasteiger partial charge on any atom is 0.233 e. The average molecular weight is 625 g/mol. The number of nitrogens with one attached hydrogen (secondary N) is 3. The molecule has 2 saturated heterocycles. The molecule has 0 saturated carbocycles. The Balaban J connectivity index is 0.00000368. The summed E-state index contributed by atoms with van der Waals surface area (Å²) in [6, 6.07) is 15.3. The van der Waals surface area contributed by atoms with E-state index in [1.54, 1.807) is 18.5 Å². The number of aryl methyl sites for hydroxylation is 1. The summed E-state index contributed by atoms with van der Waals surface area (Å²) in [5.41, 5.74) is 2.85. The lowest BCUT2D eigenvalue weighted by Crippen LogP contribution is -2.38. The number of fused-ring (bicyclic) bond motifs is 1. The smallest absolute Gasteiger partial charge is 0.233 e. The van der Waals surface area contributed by atoms with Gasteiger partial charge in [0.25, 0.3) is 0 Å². The Hall–Kier alpha value is -3.51. The molecular weight excluding hydrogens is 588 g/mol. The SMILES string of the molecule is Cc1ccc2c(NS(=O)(=O)CC3CCOCC3)cccc2c1Oc1ncccc1-c1ccnc(NC2CCCNC2)n1.Cl. The molecule has 2 fully saturated rings. The summed E-state index contributed by atoms with van der Waals surface area (Å²) in [5, 5.41) is 8.37. The lowest BCUT2D eigenvalue weighted by atomic mass is 10.0. The number of benzene rings is 2. The number of hydrogen-bond donors (Lipinski definition) is 3. The minimum atomic E-state index is -3.55. The molecule has 0 radical (unpaired) electrons. The summed E-state index contributed by atoms with van der Waals surface area (Å²) in [6.07, 6.45) is 7.10. The highest BCUT2D eigenvalue weighted by molar-refractivity contribution is 7.92. The second-order valence-corrected chi connectivity index (χ2v) is 12.7. The van der Waals surface area contributed by atoms with E-state index in [-0.39, 0.29) is 30.1 Å². The summed E-state index contributed by atoms with van der Waals surface area (Å²) in [5.74, 6) is 1.75. The van der Waals surface area contributed by atoms with E-state index in [4.69, 9.17) is 14.5 Å². The largest absolute Gasteiger partial charge is 0.437 e. The van der Waals surface area contributed by atoms with Gasteiger partial charge in [-0.2, -0.15) is 0 Å². The first kappa shape index (κ1) is 30.9. The molecule has 12 heteroatoms. The first-order valence-electron chi connectivity index (χ1n) is 14.5. The lowest BCUT2D eigenvalue weighted by molar-refractivity contribution is 0.0724. The molecule has 0 bridgehead atoms. The Kier molecular flexibility index (Phi) is 9.97. The number of aromatic nitrogens is 3. The van der Waals surface area contributed by atoms with Crippen molar-refractivity contribution in [3.05, 3.63) is 66.5 Å². The minimum absolute atomic E-state index is 0. The minimum Gasteiger partial charge on any atom is -0.437 e. The molecule has 1 unspecified atom stereocenters. The van der Waals surface area contributed by atoms with Gasteiger partial charge >= 0.3 is 0 Å². The van der Waals surface area contributed by atoms with Gasteiger partial charge in [0.05, 0.1) is 22.7 Å². The van der Waals surface area contributed by atoms with Crippen LogP contribution < -0.4 is 20.1 Å². The summed E-state index contributed by atoms with van der Waals surface area (Å²) < 4.78 is 40.9. The van der Waals surface area contributed by atoms with E-state index in [9.17, 15) is 8.42 Å². The van der Waals surface area contributed by atoms with Gasteiger partial charge in [0.2, 0.25) is 21.9 Å². The molecule has 4 aromatic rings. The summed E-state index contributed by atoms with van der Waals surface area (Å²) in [4.78, 5) is 13.8. The number of rotatable bonds is 9. The second-order valence-electron chi connectivity index (χ2n) is 11.0. The van der Waals surface area contributed by atoms with Gasteiger partial charge in [-0.1, -0.05) is 24.3 Å². The molecule has 10 nitrogen and oxygen atoms in total. The lowest BCUT2D eigenvalue weighted by Gasteiger charge is -2.23. The molecule has 4 heterocycles. The van der Waals surface area contributed by atoms with Crippen LogP contribution in [-0.4, -0.2) is 61.5 Å². The highest BCUT2D eigenvalue weighted by Crippen LogP contribution is 2.39. The normalized spacial score (nSPS) is 17.7. The van der Waals surface area contributed by atoms with Crippen LogP contribution >= 0.6 is 12.4 Å². The predicted molar refractivity (Wildman–Crippen MR) is 172 cm³/mol. The fraction of sp³-hybridized carbons (Fsp3) is 0.387. The van der Waals surface area contributed by atoms with Crippen LogP contribution in [-0.2, 0) is 14.8 Å². The molecule has 2 aliphatic rings. The van der Waals surface area contributed by atoms with E-state index in [2.05, 4.69) is 25.3 Å². The van der Waals surface area contributed by atoms with Gasteiger partial charge in [-0.05, 0) is 74.9 Å². The van der Waals surface area contributed by atoms with Crippen LogP contribution in [0.3, 0.4) is 0 Å². The number of pyridine rings is 1. The molecule has 2 aliphatic heterocycles. The standard InChI is InChI=1S/C31H36N6O4S.ClH/c1-21-9-10-24-25(6-2-8-28(24)37-42(38,39)20-22-12-17-40-18-13-22)29(21)41-30-26(7-4-15-33-30)27-11-16-34-31(36-27)35-23-5-3-14-32-19-23;/h2,4,6-11,15-16,22-23,32,37H,3,5,12-14,17-20H2,1H3,(H,34,35,36);1H. The second kappa shape index (κ2) is 13.9. The third-order valence-corrected chi connectivity index (χ3v) is 9.24. The zero-order valence-corrected chi connectivity index (χ0v) is 25.7. The number of nitrogens with zero attached hydrogens (tertiary/aromatic N) is 3. The molecule has 2 aromatic heterocycles. The molecule has 1 atom stereocenters. The zero-order chi connectivity index (χ0) is 28.9. The van der Waals surface area contributed by atoms with Crippen LogP contribution in [0.4, 0.5) is 11.6 Å². The van der Waals surface area contributed by atoms with Crippen molar-refractivity contribution >= 4 is 44.8 Å². The van der Waals surface area contributed by atoms with E-state index < -0.39 is 10.0 Å². The van der Waals surface area contributed by atoms with Crippen LogP contribution in [0.25, 0.3) is 22.0 Å². The third kappa shape index (κ3) is 7.53. The van der Waals surface area contributed by atoms with Crippen molar-refractivity contribution in [2.45, 2.75) is 38.6 Å². The molecule has 43 heavy (non-hydrogen) atoms. The van der Waals surface area contributed by atoms with Crippen LogP contribution in [0.5, 0.6) is 11.6 Å². The van der Waals surface area contributed by atoms with Crippen molar-refractivity contribution in [1.29, 1.82) is 0 Å². The zero-order valence-electron chi connectivity index (χ0n) is 24.1. The van der Waals surface area contributed by atoms with Gasteiger partial charge in [0.15, 0.2) is 0 Å². The summed E-state index contributed by atoms with van der Waals surface area (Å²) in [7, 11) is -3.55. The predicted octanol–water partition coefficient (Wildman–Crippen LogP) is 5.55. The van der Waals surface area contributed by atoms with Gasteiger partial charge < -0.3 is 20.1 Å². The Morgan fingerprint density at radius 1 is 1.00 bits per heavy atom. The van der Waals surface area contributed by atoms with E-state index in [1.807, 2.05) is 49.4 Å². The van der Waals surface area contributed by atoms with Crippen molar-refractivity contribution in [3.63, 3.8) is 0 Å². The average Bonchev–Trinajstić information content (AvgIpc) is 3.00. The maximum atomic E-state index is 13.1. The Morgan fingerprint density at radius 3 is 2.67 bits per heavy atom. The van der Waals surface area contributed by atoms with E-state index in [1.165, 1.54) is 0 Å².